The van der Waals surface area contributed by atoms with Gasteiger partial charge in [-0.3, -0.25) is 9.20 Å². The summed E-state index contributed by atoms with van der Waals surface area (Å²) >= 11 is 8.68. The highest BCUT2D eigenvalue weighted by Crippen LogP contribution is 2.24. The van der Waals surface area contributed by atoms with E-state index in [4.69, 9.17) is 17.4 Å². The quantitative estimate of drug-likeness (QED) is 0.425. The van der Waals surface area contributed by atoms with Crippen LogP contribution in [0.15, 0.2) is 51.9 Å². The molecule has 0 fully saturated rings. The minimum absolute atomic E-state index is 0.0991. The summed E-state index contributed by atoms with van der Waals surface area (Å²) in [5, 5.41) is 11.3. The van der Waals surface area contributed by atoms with Crippen molar-refractivity contribution in [1.29, 1.82) is 0 Å². The lowest BCUT2D eigenvalue weighted by Gasteiger charge is -2.04. The Morgan fingerprint density at radius 2 is 2.04 bits per heavy atom. The van der Waals surface area contributed by atoms with E-state index in [9.17, 15) is 4.79 Å². The highest BCUT2D eigenvalue weighted by atomic mass is 35.5. The van der Waals surface area contributed by atoms with Crippen LogP contribution < -0.4 is 11.4 Å². The van der Waals surface area contributed by atoms with Gasteiger partial charge in [-0.25, -0.2) is 9.66 Å². The Bertz CT molecular complexity index is 1100. The van der Waals surface area contributed by atoms with E-state index in [0.29, 0.717) is 32.4 Å². The van der Waals surface area contributed by atoms with Gasteiger partial charge in [-0.2, -0.15) is 0 Å². The summed E-state index contributed by atoms with van der Waals surface area (Å²) in [4.78, 5) is 17.1. The van der Waals surface area contributed by atoms with E-state index in [0.717, 1.165) is 5.56 Å². The van der Waals surface area contributed by atoms with Crippen molar-refractivity contribution in [3.8, 4) is 11.4 Å². The average Bonchev–Trinajstić information content (AvgIpc) is 3.21. The molecule has 0 aliphatic heterocycles. The number of nitrogen functional groups attached to an aromatic ring is 1. The SMILES string of the molecule is Nn1c(SCc2cc(=O)n3ccsc3n2)nnc1-c1ccc(Cl)cc1. The van der Waals surface area contributed by atoms with Gasteiger partial charge in [0.1, 0.15) is 0 Å². The maximum Gasteiger partial charge on any atom is 0.258 e. The molecule has 0 atom stereocenters. The first-order valence-electron chi connectivity index (χ1n) is 7.17. The summed E-state index contributed by atoms with van der Waals surface area (Å²) in [5.74, 6) is 7.11. The molecule has 25 heavy (non-hydrogen) atoms. The van der Waals surface area contributed by atoms with Crippen molar-refractivity contribution >= 4 is 39.7 Å². The van der Waals surface area contributed by atoms with E-state index >= 15 is 0 Å². The summed E-state index contributed by atoms with van der Waals surface area (Å²) in [5.41, 5.74) is 1.40. The minimum Gasteiger partial charge on any atom is -0.335 e. The zero-order valence-electron chi connectivity index (χ0n) is 12.7. The van der Waals surface area contributed by atoms with Gasteiger partial charge in [0.15, 0.2) is 10.8 Å². The number of benzene rings is 1. The number of halogens is 1. The normalized spacial score (nSPS) is 11.2. The molecule has 1 aromatic carbocycles. The molecule has 0 saturated carbocycles. The molecular weight excluding hydrogens is 380 g/mol. The lowest BCUT2D eigenvalue weighted by molar-refractivity contribution is 0.849. The topological polar surface area (TPSA) is 91.1 Å². The molecule has 0 aliphatic rings. The molecule has 0 spiro atoms. The second kappa shape index (κ2) is 6.51. The lowest BCUT2D eigenvalue weighted by atomic mass is 10.2. The smallest absolute Gasteiger partial charge is 0.258 e. The average molecular weight is 391 g/mol. The number of hydrogen-bond acceptors (Lipinski definition) is 7. The van der Waals surface area contributed by atoms with E-state index in [1.807, 2.05) is 17.5 Å². The third-order valence-corrected chi connectivity index (χ3v) is 5.46. The van der Waals surface area contributed by atoms with Crippen LogP contribution in [0.4, 0.5) is 0 Å². The number of thioether (sulfide) groups is 1. The molecule has 4 rings (SSSR count). The monoisotopic (exact) mass is 390 g/mol. The second-order valence-electron chi connectivity index (χ2n) is 5.11. The Morgan fingerprint density at radius 1 is 1.24 bits per heavy atom. The van der Waals surface area contributed by atoms with Gasteiger partial charge in [0.25, 0.3) is 5.56 Å². The van der Waals surface area contributed by atoms with Crippen LogP contribution in [-0.2, 0) is 5.75 Å². The van der Waals surface area contributed by atoms with E-state index in [2.05, 4.69) is 15.2 Å². The van der Waals surface area contributed by atoms with Gasteiger partial charge in [0.2, 0.25) is 5.16 Å². The van der Waals surface area contributed by atoms with Gasteiger partial charge in [-0.05, 0) is 24.3 Å². The standard InChI is InChI=1S/C15H11ClN6OS2/c16-10-3-1-9(2-4-10)13-19-20-15(22(13)17)25-8-11-7-12(23)21-5-6-24-14(21)18-11/h1-7H,8,17H2. The fourth-order valence-electron chi connectivity index (χ4n) is 2.27. The van der Waals surface area contributed by atoms with E-state index in [1.54, 1.807) is 18.3 Å². The predicted octanol–water partition coefficient (Wildman–Crippen LogP) is 2.67. The number of nitrogens with two attached hydrogens (primary N) is 1. The fraction of sp³-hybridized carbons (Fsp3) is 0.0667. The van der Waals surface area contributed by atoms with Crippen molar-refractivity contribution in [3.05, 3.63) is 63.0 Å². The molecule has 10 heteroatoms. The molecule has 0 bridgehead atoms. The van der Waals surface area contributed by atoms with Crippen LogP contribution in [0.1, 0.15) is 5.69 Å². The summed E-state index contributed by atoms with van der Waals surface area (Å²) in [6.07, 6.45) is 1.71. The van der Waals surface area contributed by atoms with Crippen LogP contribution in [0.3, 0.4) is 0 Å². The van der Waals surface area contributed by atoms with Crippen molar-refractivity contribution in [3.63, 3.8) is 0 Å². The van der Waals surface area contributed by atoms with Crippen molar-refractivity contribution in [2.75, 3.05) is 5.84 Å². The number of hydrogen-bond donors (Lipinski definition) is 1. The predicted molar refractivity (Wildman–Crippen MR) is 99.5 cm³/mol. The first-order valence-corrected chi connectivity index (χ1v) is 9.41. The van der Waals surface area contributed by atoms with Gasteiger partial charge in [0, 0.05) is 34.0 Å². The zero-order valence-corrected chi connectivity index (χ0v) is 15.1. The first-order chi connectivity index (χ1) is 12.1. The van der Waals surface area contributed by atoms with Gasteiger partial charge >= 0.3 is 0 Å². The zero-order chi connectivity index (χ0) is 17.4. The van der Waals surface area contributed by atoms with Crippen LogP contribution in [0.25, 0.3) is 16.3 Å². The number of aromatic nitrogens is 5. The molecular formula is C15H11ClN6OS2. The number of fused-ring (bicyclic) bond motifs is 1. The Kier molecular flexibility index (Phi) is 4.20. The maximum atomic E-state index is 12.0. The molecule has 0 saturated heterocycles. The summed E-state index contributed by atoms with van der Waals surface area (Å²) in [6, 6.07) is 8.72. The van der Waals surface area contributed by atoms with Crippen LogP contribution in [0.2, 0.25) is 5.02 Å². The molecule has 2 N–H and O–H groups in total. The molecule has 0 unspecified atom stereocenters. The van der Waals surface area contributed by atoms with Crippen molar-refractivity contribution in [2.45, 2.75) is 10.9 Å². The first kappa shape index (κ1) is 16.1. The minimum atomic E-state index is -0.0991. The molecule has 4 aromatic rings. The largest absolute Gasteiger partial charge is 0.335 e. The van der Waals surface area contributed by atoms with Crippen LogP contribution in [0.5, 0.6) is 0 Å². The van der Waals surface area contributed by atoms with Crippen LogP contribution in [-0.4, -0.2) is 24.3 Å². The number of rotatable bonds is 4. The van der Waals surface area contributed by atoms with E-state index < -0.39 is 0 Å². The van der Waals surface area contributed by atoms with Gasteiger partial charge in [0.05, 0.1) is 5.69 Å². The Labute approximate surface area is 155 Å². The molecule has 3 heterocycles. The molecule has 7 nitrogen and oxygen atoms in total. The Balaban J connectivity index is 1.56. The van der Waals surface area contributed by atoms with Crippen LogP contribution in [0, 0.1) is 0 Å². The third-order valence-electron chi connectivity index (χ3n) is 3.47. The summed E-state index contributed by atoms with van der Waals surface area (Å²) in [6.45, 7) is 0. The molecule has 0 aliphatic carbocycles. The molecule has 3 aromatic heterocycles. The fourth-order valence-corrected chi connectivity index (χ4v) is 3.89. The van der Waals surface area contributed by atoms with Crippen molar-refractivity contribution in [2.24, 2.45) is 0 Å². The van der Waals surface area contributed by atoms with Gasteiger partial charge in [-0.15, -0.1) is 21.5 Å². The number of thiazole rings is 1. The Morgan fingerprint density at radius 3 is 2.84 bits per heavy atom. The number of nitrogens with zero attached hydrogens (tertiary/aromatic N) is 5. The summed E-state index contributed by atoms with van der Waals surface area (Å²) in [7, 11) is 0. The molecule has 0 radical (unpaired) electrons. The third kappa shape index (κ3) is 3.13. The van der Waals surface area contributed by atoms with E-state index in [1.165, 1.54) is 38.2 Å². The highest BCUT2D eigenvalue weighted by Gasteiger charge is 2.13. The summed E-state index contributed by atoms with van der Waals surface area (Å²) < 4.78 is 2.94. The van der Waals surface area contributed by atoms with Crippen molar-refractivity contribution in [1.82, 2.24) is 24.3 Å². The molecule has 126 valence electrons. The molecule has 0 amide bonds. The van der Waals surface area contributed by atoms with Crippen LogP contribution >= 0.6 is 34.7 Å². The maximum absolute atomic E-state index is 12.0. The Hall–Kier alpha value is -2.36. The lowest BCUT2D eigenvalue weighted by Crippen LogP contribution is -2.13. The van der Waals surface area contributed by atoms with Crippen molar-refractivity contribution < 1.29 is 0 Å². The van der Waals surface area contributed by atoms with E-state index in [-0.39, 0.29) is 5.56 Å². The highest BCUT2D eigenvalue weighted by molar-refractivity contribution is 7.98. The van der Waals surface area contributed by atoms with Gasteiger partial charge < -0.3 is 5.84 Å². The van der Waals surface area contributed by atoms with Gasteiger partial charge in [-0.1, -0.05) is 23.4 Å². The second-order valence-corrected chi connectivity index (χ2v) is 7.36.